The van der Waals surface area contributed by atoms with Crippen molar-refractivity contribution in [2.24, 2.45) is 0 Å². The van der Waals surface area contributed by atoms with Crippen molar-refractivity contribution in [3.63, 3.8) is 0 Å². The second kappa shape index (κ2) is 4.45. The van der Waals surface area contributed by atoms with Crippen LogP contribution >= 0.6 is 15.9 Å². The molecule has 0 aliphatic rings. The Kier molecular flexibility index (Phi) is 3.13. The fraction of sp³-hybridized carbons (Fsp3) is 0.167. The SMILES string of the molecule is Cc1nn(-c2c(N)cccc2C(=O)O)c(C)c1Br. The number of rotatable bonds is 2. The lowest BCUT2D eigenvalue weighted by Gasteiger charge is -2.11. The number of carboxylic acid groups (broad SMARTS) is 1. The van der Waals surface area contributed by atoms with E-state index in [1.165, 1.54) is 6.07 Å². The quantitative estimate of drug-likeness (QED) is 0.835. The molecule has 0 fully saturated rings. The van der Waals surface area contributed by atoms with Crippen molar-refractivity contribution in [2.45, 2.75) is 13.8 Å². The van der Waals surface area contributed by atoms with E-state index in [-0.39, 0.29) is 5.56 Å². The lowest BCUT2D eigenvalue weighted by atomic mass is 10.1. The highest BCUT2D eigenvalue weighted by Gasteiger charge is 2.18. The second-order valence-electron chi connectivity index (χ2n) is 3.95. The molecule has 0 spiro atoms. The van der Waals surface area contributed by atoms with Gasteiger partial charge in [0.15, 0.2) is 0 Å². The summed E-state index contributed by atoms with van der Waals surface area (Å²) in [6.07, 6.45) is 0. The Morgan fingerprint density at radius 2 is 2.11 bits per heavy atom. The van der Waals surface area contributed by atoms with Gasteiger partial charge in [0.2, 0.25) is 0 Å². The summed E-state index contributed by atoms with van der Waals surface area (Å²) in [5.41, 5.74) is 8.39. The van der Waals surface area contributed by atoms with Crippen molar-refractivity contribution in [1.82, 2.24) is 9.78 Å². The number of anilines is 1. The standard InChI is InChI=1S/C12H12BrN3O2/c1-6-10(13)7(2)16(15-6)11-8(12(17)18)4-3-5-9(11)14/h3-5H,14H2,1-2H3,(H,17,18). The molecule has 2 rings (SSSR count). The molecule has 0 radical (unpaired) electrons. The molecule has 1 heterocycles. The van der Waals surface area contributed by atoms with Crippen LogP contribution in [0.15, 0.2) is 22.7 Å². The van der Waals surface area contributed by atoms with Gasteiger partial charge in [0.05, 0.1) is 27.1 Å². The number of nitrogens with two attached hydrogens (primary N) is 1. The predicted molar refractivity (Wildman–Crippen MR) is 72.1 cm³/mol. The van der Waals surface area contributed by atoms with Gasteiger partial charge in [0.1, 0.15) is 5.69 Å². The van der Waals surface area contributed by atoms with E-state index in [0.29, 0.717) is 11.4 Å². The van der Waals surface area contributed by atoms with Gasteiger partial charge in [-0.2, -0.15) is 5.10 Å². The van der Waals surface area contributed by atoms with Gasteiger partial charge < -0.3 is 10.8 Å². The summed E-state index contributed by atoms with van der Waals surface area (Å²) in [5.74, 6) is -1.03. The van der Waals surface area contributed by atoms with E-state index in [9.17, 15) is 9.90 Å². The summed E-state index contributed by atoms with van der Waals surface area (Å²) in [6.45, 7) is 3.69. The maximum absolute atomic E-state index is 11.2. The molecule has 3 N–H and O–H groups in total. The number of benzene rings is 1. The first-order valence-electron chi connectivity index (χ1n) is 5.27. The lowest BCUT2D eigenvalue weighted by Crippen LogP contribution is -2.10. The van der Waals surface area contributed by atoms with Gasteiger partial charge in [-0.05, 0) is 41.9 Å². The molecular weight excluding hydrogens is 298 g/mol. The summed E-state index contributed by atoms with van der Waals surface area (Å²) >= 11 is 3.41. The monoisotopic (exact) mass is 309 g/mol. The molecule has 0 aliphatic heterocycles. The molecule has 0 bridgehead atoms. The number of nitrogens with zero attached hydrogens (tertiary/aromatic N) is 2. The number of aromatic nitrogens is 2. The molecule has 1 aromatic carbocycles. The van der Waals surface area contributed by atoms with Gasteiger partial charge in [-0.25, -0.2) is 9.48 Å². The normalized spacial score (nSPS) is 10.6. The molecular formula is C12H12BrN3O2. The topological polar surface area (TPSA) is 81.1 Å². The van der Waals surface area contributed by atoms with Gasteiger partial charge in [-0.1, -0.05) is 6.07 Å². The van der Waals surface area contributed by atoms with Crippen LogP contribution in [0.5, 0.6) is 0 Å². The van der Waals surface area contributed by atoms with E-state index in [1.807, 2.05) is 13.8 Å². The first-order valence-corrected chi connectivity index (χ1v) is 6.06. The molecule has 1 aromatic heterocycles. The zero-order valence-corrected chi connectivity index (χ0v) is 11.5. The van der Waals surface area contributed by atoms with Crippen LogP contribution < -0.4 is 5.73 Å². The molecule has 0 aliphatic carbocycles. The molecule has 0 amide bonds. The first kappa shape index (κ1) is 12.6. The molecule has 94 valence electrons. The van der Waals surface area contributed by atoms with Crippen molar-refractivity contribution in [3.8, 4) is 5.69 Å². The molecule has 6 heteroatoms. The van der Waals surface area contributed by atoms with Crippen molar-refractivity contribution in [3.05, 3.63) is 39.6 Å². The van der Waals surface area contributed by atoms with Crippen LogP contribution in [-0.2, 0) is 0 Å². The smallest absolute Gasteiger partial charge is 0.337 e. The highest BCUT2D eigenvalue weighted by molar-refractivity contribution is 9.10. The fourth-order valence-electron chi connectivity index (χ4n) is 1.81. The van der Waals surface area contributed by atoms with Crippen LogP contribution in [0.2, 0.25) is 0 Å². The van der Waals surface area contributed by atoms with E-state index < -0.39 is 5.97 Å². The van der Waals surface area contributed by atoms with Crippen molar-refractivity contribution in [1.29, 1.82) is 0 Å². The molecule has 2 aromatic rings. The van der Waals surface area contributed by atoms with Crippen molar-refractivity contribution >= 4 is 27.6 Å². The van der Waals surface area contributed by atoms with Crippen molar-refractivity contribution in [2.75, 3.05) is 5.73 Å². The molecule has 0 unspecified atom stereocenters. The fourth-order valence-corrected chi connectivity index (χ4v) is 2.06. The Bertz CT molecular complexity index is 634. The zero-order valence-electron chi connectivity index (χ0n) is 9.94. The number of aryl methyl sites for hydroxylation is 1. The third-order valence-corrected chi connectivity index (χ3v) is 3.86. The summed E-state index contributed by atoms with van der Waals surface area (Å²) in [6, 6.07) is 4.79. The maximum atomic E-state index is 11.2. The van der Waals surface area contributed by atoms with Crippen LogP contribution in [0, 0.1) is 13.8 Å². The van der Waals surface area contributed by atoms with Crippen LogP contribution in [0.1, 0.15) is 21.7 Å². The van der Waals surface area contributed by atoms with Crippen LogP contribution in [0.25, 0.3) is 5.69 Å². The highest BCUT2D eigenvalue weighted by atomic mass is 79.9. The van der Waals surface area contributed by atoms with Gasteiger partial charge >= 0.3 is 5.97 Å². The largest absolute Gasteiger partial charge is 0.478 e. The summed E-state index contributed by atoms with van der Waals surface area (Å²) < 4.78 is 2.40. The predicted octanol–water partition coefficient (Wildman–Crippen LogP) is 2.53. The van der Waals surface area contributed by atoms with E-state index in [2.05, 4.69) is 21.0 Å². The summed E-state index contributed by atoms with van der Waals surface area (Å²) in [7, 11) is 0. The number of nitrogen functional groups attached to an aromatic ring is 1. The third-order valence-electron chi connectivity index (χ3n) is 2.71. The van der Waals surface area contributed by atoms with E-state index in [4.69, 9.17) is 5.73 Å². The number of hydrogen-bond acceptors (Lipinski definition) is 3. The van der Waals surface area contributed by atoms with Gasteiger partial charge in [-0.15, -0.1) is 0 Å². The average Bonchev–Trinajstić information content (AvgIpc) is 2.56. The number of aromatic carboxylic acids is 1. The zero-order chi connectivity index (χ0) is 13.4. The second-order valence-corrected chi connectivity index (χ2v) is 4.74. The van der Waals surface area contributed by atoms with Crippen LogP contribution in [0.4, 0.5) is 5.69 Å². The minimum absolute atomic E-state index is 0.133. The maximum Gasteiger partial charge on any atom is 0.337 e. The molecule has 0 saturated heterocycles. The highest BCUT2D eigenvalue weighted by Crippen LogP contribution is 2.28. The van der Waals surface area contributed by atoms with Crippen molar-refractivity contribution < 1.29 is 9.90 Å². The van der Waals surface area contributed by atoms with E-state index in [0.717, 1.165) is 15.9 Å². The molecule has 0 saturated carbocycles. The van der Waals surface area contributed by atoms with E-state index in [1.54, 1.807) is 16.8 Å². The Hall–Kier alpha value is -1.82. The van der Waals surface area contributed by atoms with Gasteiger partial charge in [0, 0.05) is 0 Å². The van der Waals surface area contributed by atoms with E-state index >= 15 is 0 Å². The Morgan fingerprint density at radius 1 is 1.44 bits per heavy atom. The Labute approximate surface area is 112 Å². The van der Waals surface area contributed by atoms with Gasteiger partial charge in [-0.3, -0.25) is 0 Å². The molecule has 0 atom stereocenters. The van der Waals surface area contributed by atoms with Crippen LogP contribution in [-0.4, -0.2) is 20.9 Å². The molecule has 5 nitrogen and oxygen atoms in total. The number of halogens is 1. The third kappa shape index (κ3) is 1.88. The van der Waals surface area contributed by atoms with Crippen LogP contribution in [0.3, 0.4) is 0 Å². The number of hydrogen-bond donors (Lipinski definition) is 2. The minimum atomic E-state index is -1.03. The number of carbonyl (C=O) groups is 1. The molecule has 18 heavy (non-hydrogen) atoms. The average molecular weight is 310 g/mol. The first-order chi connectivity index (χ1) is 8.43. The minimum Gasteiger partial charge on any atom is -0.478 e. The number of carboxylic acids is 1. The van der Waals surface area contributed by atoms with Gasteiger partial charge in [0.25, 0.3) is 0 Å². The number of para-hydroxylation sites is 1. The lowest BCUT2D eigenvalue weighted by molar-refractivity contribution is 0.0697. The summed E-state index contributed by atoms with van der Waals surface area (Å²) in [5, 5.41) is 13.5. The Balaban J connectivity index is 2.78. The summed E-state index contributed by atoms with van der Waals surface area (Å²) in [4.78, 5) is 11.2. The Morgan fingerprint density at radius 3 is 2.61 bits per heavy atom.